The second-order valence-corrected chi connectivity index (χ2v) is 7.68. The van der Waals surface area contributed by atoms with E-state index in [0.29, 0.717) is 30.3 Å². The normalized spacial score (nSPS) is 18.8. The number of carbonyl (C=O) groups is 1. The Bertz CT molecular complexity index is 668. The number of ether oxygens (including phenoxy) is 2. The van der Waals surface area contributed by atoms with Crippen LogP contribution in [0.1, 0.15) is 5.56 Å². The molecule has 1 aliphatic rings. The highest BCUT2D eigenvalue weighted by molar-refractivity contribution is 7.88. The van der Waals surface area contributed by atoms with Gasteiger partial charge < -0.3 is 14.4 Å². The number of morpholine rings is 1. The molecular formula is C15H21ClN2O5S. The fraction of sp³-hybridized carbons (Fsp3) is 0.533. The number of methoxy groups -OCH3 is 1. The van der Waals surface area contributed by atoms with Crippen LogP contribution in [0.3, 0.4) is 0 Å². The van der Waals surface area contributed by atoms with Crippen LogP contribution < -0.4 is 4.72 Å². The number of sulfonamides is 1. The first kappa shape index (κ1) is 19.1. The van der Waals surface area contributed by atoms with Crippen LogP contribution >= 0.6 is 11.6 Å². The molecule has 1 aromatic carbocycles. The minimum Gasteiger partial charge on any atom is -0.383 e. The molecule has 24 heavy (non-hydrogen) atoms. The zero-order valence-corrected chi connectivity index (χ0v) is 15.0. The third-order valence-corrected chi connectivity index (χ3v) is 5.29. The standard InChI is InChI=1S/C15H21ClN2O5S/c1-22-7-6-18-9-13(23-10-15(18)19)8-17-24(20,21)11-12-4-2-3-5-14(12)16/h2-5,13,17H,6-11H2,1H3. The first-order valence-electron chi connectivity index (χ1n) is 7.50. The second kappa shape index (κ2) is 8.77. The Labute approximate surface area is 146 Å². The highest BCUT2D eigenvalue weighted by atomic mass is 35.5. The van der Waals surface area contributed by atoms with Crippen molar-refractivity contribution in [1.29, 1.82) is 0 Å². The molecule has 0 spiro atoms. The molecule has 0 aromatic heterocycles. The van der Waals surface area contributed by atoms with Crippen molar-refractivity contribution in [3.63, 3.8) is 0 Å². The van der Waals surface area contributed by atoms with Gasteiger partial charge in [-0.1, -0.05) is 29.8 Å². The predicted octanol–water partition coefficient (Wildman–Crippen LogP) is 0.633. The maximum atomic E-state index is 12.2. The van der Waals surface area contributed by atoms with Crippen molar-refractivity contribution in [2.24, 2.45) is 0 Å². The fourth-order valence-electron chi connectivity index (χ4n) is 2.31. The molecule has 1 amide bonds. The van der Waals surface area contributed by atoms with Crippen molar-refractivity contribution in [3.05, 3.63) is 34.9 Å². The Hall–Kier alpha value is -1.19. The Morgan fingerprint density at radius 2 is 2.17 bits per heavy atom. The third kappa shape index (κ3) is 5.71. The van der Waals surface area contributed by atoms with E-state index >= 15 is 0 Å². The van der Waals surface area contributed by atoms with Crippen molar-refractivity contribution < 1.29 is 22.7 Å². The van der Waals surface area contributed by atoms with Crippen molar-refractivity contribution in [3.8, 4) is 0 Å². The highest BCUT2D eigenvalue weighted by Crippen LogP contribution is 2.17. The molecule has 0 radical (unpaired) electrons. The summed E-state index contributed by atoms with van der Waals surface area (Å²) in [6.07, 6.45) is -0.388. The summed E-state index contributed by atoms with van der Waals surface area (Å²) in [6.45, 7) is 1.26. The Morgan fingerprint density at radius 3 is 2.88 bits per heavy atom. The summed E-state index contributed by atoms with van der Waals surface area (Å²) in [5.41, 5.74) is 0.535. The SMILES string of the molecule is COCCN1CC(CNS(=O)(=O)Cc2ccccc2Cl)OCC1=O. The first-order chi connectivity index (χ1) is 11.4. The summed E-state index contributed by atoms with van der Waals surface area (Å²) in [7, 11) is -1.99. The van der Waals surface area contributed by atoms with Crippen LogP contribution in [0.15, 0.2) is 24.3 Å². The van der Waals surface area contributed by atoms with Gasteiger partial charge in [0.15, 0.2) is 0 Å². The Balaban J connectivity index is 1.87. The molecule has 9 heteroatoms. The van der Waals surface area contributed by atoms with Crippen LogP contribution in [0.25, 0.3) is 0 Å². The monoisotopic (exact) mass is 376 g/mol. The largest absolute Gasteiger partial charge is 0.383 e. The summed E-state index contributed by atoms with van der Waals surface area (Å²) in [4.78, 5) is 13.3. The van der Waals surface area contributed by atoms with Gasteiger partial charge in [-0.2, -0.15) is 0 Å². The van der Waals surface area contributed by atoms with Crippen LogP contribution in [-0.2, 0) is 30.0 Å². The molecule has 134 valence electrons. The summed E-state index contributed by atoms with van der Waals surface area (Å²) in [6, 6.07) is 6.80. The number of rotatable bonds is 8. The van der Waals surface area contributed by atoms with Gasteiger partial charge in [0.25, 0.3) is 0 Å². The van der Waals surface area contributed by atoms with Gasteiger partial charge >= 0.3 is 0 Å². The molecule has 7 nitrogen and oxygen atoms in total. The number of benzene rings is 1. The van der Waals surface area contributed by atoms with Gasteiger partial charge in [0, 0.05) is 31.8 Å². The molecule has 1 unspecified atom stereocenters. The van der Waals surface area contributed by atoms with E-state index in [0.717, 1.165) is 0 Å². The molecule has 1 fully saturated rings. The smallest absolute Gasteiger partial charge is 0.248 e. The van der Waals surface area contributed by atoms with E-state index in [4.69, 9.17) is 21.1 Å². The van der Waals surface area contributed by atoms with Crippen molar-refractivity contribution in [2.45, 2.75) is 11.9 Å². The minimum atomic E-state index is -3.55. The lowest BCUT2D eigenvalue weighted by molar-refractivity contribution is -0.149. The number of hydrogen-bond acceptors (Lipinski definition) is 5. The Morgan fingerprint density at radius 1 is 1.42 bits per heavy atom. The van der Waals surface area contributed by atoms with Crippen molar-refractivity contribution in [1.82, 2.24) is 9.62 Å². The van der Waals surface area contributed by atoms with E-state index in [1.807, 2.05) is 0 Å². The second-order valence-electron chi connectivity index (χ2n) is 5.46. The average Bonchev–Trinajstić information content (AvgIpc) is 2.55. The average molecular weight is 377 g/mol. The molecule has 1 heterocycles. The van der Waals surface area contributed by atoms with E-state index in [-0.39, 0.29) is 30.9 Å². The van der Waals surface area contributed by atoms with E-state index in [9.17, 15) is 13.2 Å². The lowest BCUT2D eigenvalue weighted by Gasteiger charge is -2.32. The number of nitrogens with zero attached hydrogens (tertiary/aromatic N) is 1. The van der Waals surface area contributed by atoms with Crippen molar-refractivity contribution >= 4 is 27.5 Å². The maximum Gasteiger partial charge on any atom is 0.248 e. The zero-order chi connectivity index (χ0) is 17.6. The molecule has 1 aromatic rings. The van der Waals surface area contributed by atoms with E-state index in [1.165, 1.54) is 0 Å². The van der Waals surface area contributed by atoms with E-state index in [1.54, 1.807) is 36.3 Å². The van der Waals surface area contributed by atoms with Gasteiger partial charge in [-0.05, 0) is 11.6 Å². The number of amides is 1. The van der Waals surface area contributed by atoms with Crippen LogP contribution in [0.5, 0.6) is 0 Å². The van der Waals surface area contributed by atoms with E-state index < -0.39 is 10.0 Å². The fourth-order valence-corrected chi connectivity index (χ4v) is 3.80. The number of nitrogens with one attached hydrogen (secondary N) is 1. The molecular weight excluding hydrogens is 356 g/mol. The Kier molecular flexibility index (Phi) is 7.00. The predicted molar refractivity (Wildman–Crippen MR) is 90.3 cm³/mol. The number of carbonyl (C=O) groups excluding carboxylic acids is 1. The van der Waals surface area contributed by atoms with Gasteiger partial charge in [-0.15, -0.1) is 0 Å². The van der Waals surface area contributed by atoms with Crippen LogP contribution in [0, 0.1) is 0 Å². The van der Waals surface area contributed by atoms with Gasteiger partial charge in [0.2, 0.25) is 15.9 Å². The molecule has 1 aliphatic heterocycles. The quantitative estimate of drug-likeness (QED) is 0.719. The molecule has 2 rings (SSSR count). The van der Waals surface area contributed by atoms with Crippen LogP contribution in [-0.4, -0.2) is 65.3 Å². The number of hydrogen-bond donors (Lipinski definition) is 1. The zero-order valence-electron chi connectivity index (χ0n) is 13.4. The van der Waals surface area contributed by atoms with Gasteiger partial charge in [0.05, 0.1) is 18.5 Å². The minimum absolute atomic E-state index is 0.0549. The lowest BCUT2D eigenvalue weighted by atomic mass is 10.2. The molecule has 1 N–H and O–H groups in total. The third-order valence-electron chi connectivity index (χ3n) is 3.62. The van der Waals surface area contributed by atoms with Crippen LogP contribution in [0.2, 0.25) is 5.02 Å². The summed E-state index contributed by atoms with van der Waals surface area (Å²) < 4.78 is 37.2. The molecule has 0 bridgehead atoms. The lowest BCUT2D eigenvalue weighted by Crippen LogP contribution is -2.51. The first-order valence-corrected chi connectivity index (χ1v) is 9.53. The summed E-state index contributed by atoms with van der Waals surface area (Å²) >= 11 is 5.99. The van der Waals surface area contributed by atoms with Crippen LogP contribution in [0.4, 0.5) is 0 Å². The number of halogens is 1. The topological polar surface area (TPSA) is 84.9 Å². The van der Waals surface area contributed by atoms with E-state index in [2.05, 4.69) is 4.72 Å². The summed E-state index contributed by atoms with van der Waals surface area (Å²) in [5.74, 6) is -0.326. The van der Waals surface area contributed by atoms with Gasteiger partial charge in [-0.25, -0.2) is 13.1 Å². The molecule has 1 atom stereocenters. The molecule has 0 aliphatic carbocycles. The summed E-state index contributed by atoms with van der Waals surface area (Å²) in [5, 5.41) is 0.410. The molecule has 1 saturated heterocycles. The van der Waals surface area contributed by atoms with Gasteiger partial charge in [0.1, 0.15) is 6.61 Å². The maximum absolute atomic E-state index is 12.2. The van der Waals surface area contributed by atoms with Gasteiger partial charge in [-0.3, -0.25) is 4.79 Å². The highest BCUT2D eigenvalue weighted by Gasteiger charge is 2.27. The van der Waals surface area contributed by atoms with Crippen molar-refractivity contribution in [2.75, 3.05) is 40.0 Å². The molecule has 0 saturated carbocycles.